The van der Waals surface area contributed by atoms with Crippen molar-refractivity contribution in [1.29, 1.82) is 0 Å². The van der Waals surface area contributed by atoms with Gasteiger partial charge in [-0.3, -0.25) is 0 Å². The summed E-state index contributed by atoms with van der Waals surface area (Å²) in [6, 6.07) is 1.84. The SMILES string of the molecule is CC(C)(C)OC(=O)c1cc(I)c(C(F)(F)F)cc1N. The Kier molecular flexibility index (Phi) is 4.38. The maximum absolute atomic E-state index is 12.7. The molecule has 19 heavy (non-hydrogen) atoms. The van der Waals surface area contributed by atoms with Gasteiger partial charge in [0.2, 0.25) is 0 Å². The lowest BCUT2D eigenvalue weighted by Crippen LogP contribution is -2.25. The second-order valence-electron chi connectivity index (χ2n) is 4.92. The van der Waals surface area contributed by atoms with Crippen LogP contribution in [0.2, 0.25) is 0 Å². The third kappa shape index (κ3) is 4.26. The second kappa shape index (κ2) is 5.18. The fraction of sp³-hybridized carbons (Fsp3) is 0.417. The monoisotopic (exact) mass is 387 g/mol. The van der Waals surface area contributed by atoms with Crippen LogP contribution in [-0.2, 0) is 10.9 Å². The zero-order valence-electron chi connectivity index (χ0n) is 10.6. The standard InChI is InChI=1S/C12H13F3INO2/c1-11(2,3)19-10(18)6-4-8(16)7(5-9(6)17)12(13,14)15/h4-5H,17H2,1-3H3. The molecule has 0 aliphatic heterocycles. The second-order valence-corrected chi connectivity index (χ2v) is 6.08. The Bertz CT molecular complexity index is 507. The van der Waals surface area contributed by atoms with E-state index in [1.54, 1.807) is 20.8 Å². The van der Waals surface area contributed by atoms with Gasteiger partial charge in [0, 0.05) is 9.26 Å². The highest BCUT2D eigenvalue weighted by Gasteiger charge is 2.34. The Morgan fingerprint density at radius 1 is 1.26 bits per heavy atom. The van der Waals surface area contributed by atoms with Crippen molar-refractivity contribution in [3.05, 3.63) is 26.8 Å². The van der Waals surface area contributed by atoms with E-state index in [4.69, 9.17) is 10.5 Å². The molecule has 106 valence electrons. The lowest BCUT2D eigenvalue weighted by molar-refractivity contribution is -0.138. The summed E-state index contributed by atoms with van der Waals surface area (Å²) in [6.45, 7) is 4.99. The van der Waals surface area contributed by atoms with Crippen LogP contribution in [0.3, 0.4) is 0 Å². The molecule has 0 aliphatic carbocycles. The Hall–Kier alpha value is -0.990. The number of alkyl halides is 3. The van der Waals surface area contributed by atoms with E-state index in [2.05, 4.69) is 0 Å². The number of esters is 1. The van der Waals surface area contributed by atoms with Crippen LogP contribution in [0.4, 0.5) is 18.9 Å². The molecular formula is C12H13F3INO2. The third-order valence-corrected chi connectivity index (χ3v) is 2.96. The zero-order valence-corrected chi connectivity index (χ0v) is 12.7. The van der Waals surface area contributed by atoms with Gasteiger partial charge in [0.05, 0.1) is 11.1 Å². The van der Waals surface area contributed by atoms with Gasteiger partial charge in [-0.1, -0.05) is 0 Å². The first-order valence-electron chi connectivity index (χ1n) is 5.31. The molecule has 1 aromatic carbocycles. The predicted molar refractivity (Wildman–Crippen MR) is 73.7 cm³/mol. The van der Waals surface area contributed by atoms with Crippen molar-refractivity contribution in [2.24, 2.45) is 0 Å². The van der Waals surface area contributed by atoms with E-state index < -0.39 is 23.3 Å². The minimum atomic E-state index is -4.50. The lowest BCUT2D eigenvalue weighted by atomic mass is 10.1. The fourth-order valence-electron chi connectivity index (χ4n) is 1.32. The van der Waals surface area contributed by atoms with Crippen molar-refractivity contribution in [3.8, 4) is 0 Å². The summed E-state index contributed by atoms with van der Waals surface area (Å²) in [5, 5.41) is 0. The molecule has 0 aromatic heterocycles. The van der Waals surface area contributed by atoms with Crippen molar-refractivity contribution in [2.75, 3.05) is 5.73 Å². The van der Waals surface area contributed by atoms with Gasteiger partial charge >= 0.3 is 12.1 Å². The van der Waals surface area contributed by atoms with Crippen molar-refractivity contribution in [1.82, 2.24) is 0 Å². The largest absolute Gasteiger partial charge is 0.456 e. The van der Waals surface area contributed by atoms with Crippen LogP contribution in [0.1, 0.15) is 36.7 Å². The third-order valence-electron chi connectivity index (χ3n) is 2.06. The average molecular weight is 387 g/mol. The number of carbonyl (C=O) groups excluding carboxylic acids is 1. The Labute approximate surface area is 122 Å². The summed E-state index contributed by atoms with van der Waals surface area (Å²) in [5.41, 5.74) is 3.59. The zero-order chi connectivity index (χ0) is 15.0. The van der Waals surface area contributed by atoms with E-state index in [1.165, 1.54) is 22.6 Å². The fourth-order valence-corrected chi connectivity index (χ4v) is 2.09. The topological polar surface area (TPSA) is 52.3 Å². The van der Waals surface area contributed by atoms with Crippen LogP contribution in [0.5, 0.6) is 0 Å². The quantitative estimate of drug-likeness (QED) is 0.453. The summed E-state index contributed by atoms with van der Waals surface area (Å²) >= 11 is 1.52. The highest BCUT2D eigenvalue weighted by Crippen LogP contribution is 2.35. The molecule has 1 rings (SSSR count). The van der Waals surface area contributed by atoms with Crippen LogP contribution < -0.4 is 5.73 Å². The number of hydrogen-bond donors (Lipinski definition) is 1. The lowest BCUT2D eigenvalue weighted by Gasteiger charge is -2.20. The summed E-state index contributed by atoms with van der Waals surface area (Å²) < 4.78 is 43.0. The molecule has 2 N–H and O–H groups in total. The first kappa shape index (κ1) is 16.1. The Morgan fingerprint density at radius 2 is 1.79 bits per heavy atom. The molecule has 0 aliphatic rings. The minimum absolute atomic E-state index is 0.0627. The molecule has 0 amide bonds. The van der Waals surface area contributed by atoms with Gasteiger partial charge in [0.1, 0.15) is 5.60 Å². The molecule has 0 heterocycles. The van der Waals surface area contributed by atoms with Crippen LogP contribution in [0.25, 0.3) is 0 Å². The van der Waals surface area contributed by atoms with E-state index in [9.17, 15) is 18.0 Å². The molecule has 0 spiro atoms. The highest BCUT2D eigenvalue weighted by atomic mass is 127. The molecule has 0 radical (unpaired) electrons. The summed E-state index contributed by atoms with van der Waals surface area (Å²) in [4.78, 5) is 11.8. The molecule has 0 saturated carbocycles. The van der Waals surface area contributed by atoms with E-state index in [1.807, 2.05) is 0 Å². The molecule has 3 nitrogen and oxygen atoms in total. The van der Waals surface area contributed by atoms with E-state index in [0.717, 1.165) is 12.1 Å². The Balaban J connectivity index is 3.20. The summed E-state index contributed by atoms with van der Waals surface area (Å²) in [7, 11) is 0. The maximum Gasteiger partial charge on any atom is 0.417 e. The van der Waals surface area contributed by atoms with E-state index >= 15 is 0 Å². The number of nitrogens with two attached hydrogens (primary N) is 1. The van der Waals surface area contributed by atoms with Crippen molar-refractivity contribution in [2.45, 2.75) is 32.5 Å². The normalized spacial score (nSPS) is 12.4. The Morgan fingerprint density at radius 3 is 2.21 bits per heavy atom. The molecular weight excluding hydrogens is 374 g/mol. The van der Waals surface area contributed by atoms with Crippen LogP contribution in [-0.4, -0.2) is 11.6 Å². The highest BCUT2D eigenvalue weighted by molar-refractivity contribution is 14.1. The smallest absolute Gasteiger partial charge is 0.417 e. The number of rotatable bonds is 1. The maximum atomic E-state index is 12.7. The summed E-state index contributed by atoms with van der Waals surface area (Å²) in [5.74, 6) is -0.739. The van der Waals surface area contributed by atoms with Gasteiger partial charge in [0.25, 0.3) is 0 Å². The van der Waals surface area contributed by atoms with Gasteiger partial charge in [0.15, 0.2) is 0 Å². The van der Waals surface area contributed by atoms with Gasteiger partial charge in [-0.15, -0.1) is 0 Å². The molecule has 0 unspecified atom stereocenters. The number of benzene rings is 1. The van der Waals surface area contributed by atoms with Gasteiger partial charge < -0.3 is 10.5 Å². The van der Waals surface area contributed by atoms with Gasteiger partial charge in [-0.25, -0.2) is 4.79 Å². The number of halogens is 4. The molecule has 0 bridgehead atoms. The van der Waals surface area contributed by atoms with Crippen molar-refractivity contribution >= 4 is 34.2 Å². The van der Waals surface area contributed by atoms with E-state index in [0.29, 0.717) is 0 Å². The van der Waals surface area contributed by atoms with Crippen molar-refractivity contribution in [3.63, 3.8) is 0 Å². The summed E-state index contributed by atoms with van der Waals surface area (Å²) in [6.07, 6.45) is -4.50. The van der Waals surface area contributed by atoms with E-state index in [-0.39, 0.29) is 14.8 Å². The van der Waals surface area contributed by atoms with Crippen LogP contribution in [0.15, 0.2) is 12.1 Å². The minimum Gasteiger partial charge on any atom is -0.456 e. The number of anilines is 1. The number of ether oxygens (including phenoxy) is 1. The first-order chi connectivity index (χ1) is 8.42. The van der Waals surface area contributed by atoms with Crippen molar-refractivity contribution < 1.29 is 22.7 Å². The molecule has 0 saturated heterocycles. The molecule has 0 atom stereocenters. The van der Waals surface area contributed by atoms with Gasteiger partial charge in [-0.05, 0) is 55.5 Å². The number of carbonyl (C=O) groups is 1. The van der Waals surface area contributed by atoms with Crippen LogP contribution >= 0.6 is 22.6 Å². The van der Waals surface area contributed by atoms with Gasteiger partial charge in [-0.2, -0.15) is 13.2 Å². The first-order valence-corrected chi connectivity index (χ1v) is 6.39. The molecule has 1 aromatic rings. The molecule has 7 heteroatoms. The number of hydrogen-bond acceptors (Lipinski definition) is 3. The number of nitrogen functional groups attached to an aromatic ring is 1. The van der Waals surface area contributed by atoms with Crippen LogP contribution in [0, 0.1) is 3.57 Å². The molecule has 0 fully saturated rings. The predicted octanol–water partition coefficient (Wildman–Crippen LogP) is 3.85. The average Bonchev–Trinajstić information content (AvgIpc) is 2.16.